The Labute approximate surface area is 69.4 Å². The number of nitrogen functional groups attached to an aromatic ring is 1. The first-order valence-electron chi connectivity index (χ1n) is 3.34. The van der Waals surface area contributed by atoms with Crippen molar-refractivity contribution in [3.8, 4) is 12.1 Å². The van der Waals surface area contributed by atoms with Gasteiger partial charge in [0.05, 0.1) is 17.7 Å². The molecule has 0 bridgehead atoms. The van der Waals surface area contributed by atoms with Crippen LogP contribution in [0.3, 0.4) is 0 Å². The Bertz CT molecular complexity index is 364. The fourth-order valence-electron chi connectivity index (χ4n) is 0.866. The molecule has 1 unspecified atom stereocenters. The van der Waals surface area contributed by atoms with Gasteiger partial charge >= 0.3 is 0 Å². The highest BCUT2D eigenvalue weighted by Crippen LogP contribution is 2.19. The largest absolute Gasteiger partial charge is 0.381 e. The minimum atomic E-state index is -0.385. The van der Waals surface area contributed by atoms with Gasteiger partial charge in [-0.2, -0.15) is 15.6 Å². The summed E-state index contributed by atoms with van der Waals surface area (Å²) in [5.41, 5.74) is 6.12. The third-order valence-electron chi connectivity index (χ3n) is 1.56. The maximum Gasteiger partial charge on any atom is 0.163 e. The number of nitrogens with one attached hydrogen (secondary N) is 1. The van der Waals surface area contributed by atoms with Crippen LogP contribution in [0.5, 0.6) is 0 Å². The molecule has 0 fully saturated rings. The van der Waals surface area contributed by atoms with Crippen LogP contribution in [0.2, 0.25) is 0 Å². The predicted molar refractivity (Wildman–Crippen MR) is 41.7 cm³/mol. The van der Waals surface area contributed by atoms with Crippen molar-refractivity contribution in [1.82, 2.24) is 10.2 Å². The van der Waals surface area contributed by atoms with Crippen LogP contribution >= 0.6 is 0 Å². The summed E-state index contributed by atoms with van der Waals surface area (Å²) in [7, 11) is 0. The van der Waals surface area contributed by atoms with E-state index in [1.54, 1.807) is 6.92 Å². The van der Waals surface area contributed by atoms with Gasteiger partial charge in [0.1, 0.15) is 11.6 Å². The van der Waals surface area contributed by atoms with Crippen LogP contribution in [0.15, 0.2) is 0 Å². The molecule has 1 aromatic heterocycles. The van der Waals surface area contributed by atoms with Crippen LogP contribution in [0.25, 0.3) is 0 Å². The Morgan fingerprint density at radius 3 is 2.75 bits per heavy atom. The molecule has 5 nitrogen and oxygen atoms in total. The molecule has 60 valence electrons. The van der Waals surface area contributed by atoms with Gasteiger partial charge in [-0.25, -0.2) is 0 Å². The summed E-state index contributed by atoms with van der Waals surface area (Å²) < 4.78 is 0. The number of nitrogens with two attached hydrogens (primary N) is 1. The number of aromatic nitrogens is 2. The Kier molecular flexibility index (Phi) is 1.98. The lowest BCUT2D eigenvalue weighted by molar-refractivity contribution is 0.892. The molecule has 0 amide bonds. The normalized spacial score (nSPS) is 11.6. The SMILES string of the molecule is CC(C#N)c1[nH]nc(N)c1C#N. The molecule has 1 aromatic rings. The van der Waals surface area contributed by atoms with Gasteiger partial charge in [0.25, 0.3) is 0 Å². The fourth-order valence-corrected chi connectivity index (χ4v) is 0.866. The van der Waals surface area contributed by atoms with E-state index >= 15 is 0 Å². The molecular formula is C7H7N5. The smallest absolute Gasteiger partial charge is 0.163 e. The minimum absolute atomic E-state index is 0.148. The highest BCUT2D eigenvalue weighted by atomic mass is 15.2. The first-order valence-corrected chi connectivity index (χ1v) is 3.34. The molecule has 0 aromatic carbocycles. The third-order valence-corrected chi connectivity index (χ3v) is 1.56. The van der Waals surface area contributed by atoms with Gasteiger partial charge in [0.2, 0.25) is 0 Å². The van der Waals surface area contributed by atoms with Crippen LogP contribution in [-0.4, -0.2) is 10.2 Å². The fraction of sp³-hybridized carbons (Fsp3) is 0.286. The maximum atomic E-state index is 8.63. The number of anilines is 1. The molecule has 12 heavy (non-hydrogen) atoms. The van der Waals surface area contributed by atoms with Crippen LogP contribution in [0, 0.1) is 22.7 Å². The Balaban J connectivity index is 3.20. The number of H-pyrrole nitrogens is 1. The second kappa shape index (κ2) is 2.93. The van der Waals surface area contributed by atoms with Gasteiger partial charge in [-0.05, 0) is 6.92 Å². The van der Waals surface area contributed by atoms with Crippen molar-refractivity contribution in [3.63, 3.8) is 0 Å². The monoisotopic (exact) mass is 161 g/mol. The van der Waals surface area contributed by atoms with Crippen molar-refractivity contribution in [1.29, 1.82) is 10.5 Å². The zero-order valence-corrected chi connectivity index (χ0v) is 6.50. The number of hydrogen-bond acceptors (Lipinski definition) is 4. The second-order valence-electron chi connectivity index (χ2n) is 2.36. The van der Waals surface area contributed by atoms with E-state index < -0.39 is 0 Å². The second-order valence-corrected chi connectivity index (χ2v) is 2.36. The topological polar surface area (TPSA) is 102 Å². The van der Waals surface area contributed by atoms with Gasteiger partial charge in [0.15, 0.2) is 5.82 Å². The van der Waals surface area contributed by atoms with Gasteiger partial charge in [-0.3, -0.25) is 5.10 Å². The molecular weight excluding hydrogens is 154 g/mol. The quantitative estimate of drug-likeness (QED) is 0.625. The van der Waals surface area contributed by atoms with E-state index in [1.165, 1.54) is 0 Å². The molecule has 0 aliphatic heterocycles. The van der Waals surface area contributed by atoms with E-state index in [1.807, 2.05) is 12.1 Å². The molecule has 3 N–H and O–H groups in total. The number of aromatic amines is 1. The first-order chi connectivity index (χ1) is 5.70. The van der Waals surface area contributed by atoms with Crippen LogP contribution in [0.4, 0.5) is 5.82 Å². The van der Waals surface area contributed by atoms with Crippen LogP contribution < -0.4 is 5.73 Å². The van der Waals surface area contributed by atoms with Crippen LogP contribution in [0.1, 0.15) is 24.1 Å². The van der Waals surface area contributed by atoms with E-state index in [9.17, 15) is 0 Å². The minimum Gasteiger partial charge on any atom is -0.381 e. The average Bonchev–Trinajstić information content (AvgIpc) is 2.45. The molecule has 0 aliphatic rings. The summed E-state index contributed by atoms with van der Waals surface area (Å²) in [6.07, 6.45) is 0. The standard InChI is InChI=1S/C7H7N5/c1-4(2-8)6-5(3-9)7(10)12-11-6/h4H,1H3,(H3,10,11,12). The number of nitriles is 2. The first kappa shape index (κ1) is 8.09. The van der Waals surface area contributed by atoms with Gasteiger partial charge < -0.3 is 5.73 Å². The summed E-state index contributed by atoms with van der Waals surface area (Å²) in [4.78, 5) is 0. The Hall–Kier alpha value is -2.01. The molecule has 0 radical (unpaired) electrons. The van der Waals surface area contributed by atoms with E-state index in [4.69, 9.17) is 16.3 Å². The summed E-state index contributed by atoms with van der Waals surface area (Å²) in [6.45, 7) is 1.67. The summed E-state index contributed by atoms with van der Waals surface area (Å²) in [5.74, 6) is -0.237. The van der Waals surface area contributed by atoms with Crippen LogP contribution in [-0.2, 0) is 0 Å². The molecule has 1 atom stereocenters. The van der Waals surface area contributed by atoms with Crippen molar-refractivity contribution in [2.75, 3.05) is 5.73 Å². The van der Waals surface area contributed by atoms with Gasteiger partial charge in [-0.1, -0.05) is 0 Å². The van der Waals surface area contributed by atoms with Crippen molar-refractivity contribution in [2.45, 2.75) is 12.8 Å². The highest BCUT2D eigenvalue weighted by Gasteiger charge is 2.15. The lowest BCUT2D eigenvalue weighted by Gasteiger charge is -1.96. The zero-order chi connectivity index (χ0) is 9.14. The van der Waals surface area contributed by atoms with E-state index in [-0.39, 0.29) is 17.3 Å². The summed E-state index contributed by atoms with van der Waals surface area (Å²) >= 11 is 0. The molecule has 0 saturated carbocycles. The van der Waals surface area contributed by atoms with Gasteiger partial charge in [-0.15, -0.1) is 0 Å². The third kappa shape index (κ3) is 1.08. The number of hydrogen-bond donors (Lipinski definition) is 2. The van der Waals surface area contributed by atoms with Crippen molar-refractivity contribution in [2.24, 2.45) is 0 Å². The predicted octanol–water partition coefficient (Wildman–Crippen LogP) is 0.491. The van der Waals surface area contributed by atoms with Crippen molar-refractivity contribution < 1.29 is 0 Å². The highest BCUT2D eigenvalue weighted by molar-refractivity contribution is 5.52. The Morgan fingerprint density at radius 2 is 2.25 bits per heavy atom. The molecule has 0 saturated heterocycles. The molecule has 1 rings (SSSR count). The van der Waals surface area contributed by atoms with Crippen molar-refractivity contribution in [3.05, 3.63) is 11.3 Å². The van der Waals surface area contributed by atoms with Gasteiger partial charge in [0, 0.05) is 0 Å². The summed E-state index contributed by atoms with van der Waals surface area (Å²) in [5, 5.41) is 23.4. The summed E-state index contributed by atoms with van der Waals surface area (Å²) in [6, 6.07) is 3.88. The van der Waals surface area contributed by atoms with Crippen molar-refractivity contribution >= 4 is 5.82 Å². The van der Waals surface area contributed by atoms with E-state index in [0.29, 0.717) is 5.69 Å². The lowest BCUT2D eigenvalue weighted by Crippen LogP contribution is -1.94. The molecule has 0 aliphatic carbocycles. The molecule has 5 heteroatoms. The van der Waals surface area contributed by atoms with E-state index in [0.717, 1.165) is 0 Å². The average molecular weight is 161 g/mol. The molecule has 1 heterocycles. The Morgan fingerprint density at radius 1 is 1.58 bits per heavy atom. The van der Waals surface area contributed by atoms with E-state index in [2.05, 4.69) is 10.2 Å². The number of nitrogens with zero attached hydrogens (tertiary/aromatic N) is 3. The maximum absolute atomic E-state index is 8.63. The zero-order valence-electron chi connectivity index (χ0n) is 6.50. The lowest BCUT2D eigenvalue weighted by atomic mass is 10.1. The number of rotatable bonds is 1. The molecule has 0 spiro atoms.